The summed E-state index contributed by atoms with van der Waals surface area (Å²) in [5, 5.41) is 12.8. The molecule has 2 heterocycles. The Morgan fingerprint density at radius 3 is 2.94 bits per heavy atom. The summed E-state index contributed by atoms with van der Waals surface area (Å²) in [4.78, 5) is 18.9. The highest BCUT2D eigenvalue weighted by atomic mass is 16.4. The van der Waals surface area contributed by atoms with Gasteiger partial charge in [-0.3, -0.25) is 9.78 Å². The van der Waals surface area contributed by atoms with Crippen LogP contribution in [0.1, 0.15) is 12.2 Å². The summed E-state index contributed by atoms with van der Waals surface area (Å²) in [6, 6.07) is 5.53. The Morgan fingerprint density at radius 2 is 2.29 bits per heavy atom. The molecule has 2 rings (SSSR count). The molecule has 2 aromatic heterocycles. The number of rotatable bonds is 4. The third-order valence-electron chi connectivity index (χ3n) is 2.26. The average molecular weight is 232 g/mol. The van der Waals surface area contributed by atoms with Gasteiger partial charge in [-0.2, -0.15) is 5.10 Å². The zero-order chi connectivity index (χ0) is 12.3. The first-order chi connectivity index (χ1) is 8.16. The maximum absolute atomic E-state index is 10.5. The molecule has 0 bridgehead atoms. The van der Waals surface area contributed by atoms with Gasteiger partial charge in [0.15, 0.2) is 11.6 Å². The van der Waals surface area contributed by atoms with Crippen LogP contribution in [0.2, 0.25) is 0 Å². The summed E-state index contributed by atoms with van der Waals surface area (Å²) in [5.41, 5.74) is 0.726. The molecule has 0 fully saturated rings. The van der Waals surface area contributed by atoms with E-state index in [2.05, 4.69) is 15.1 Å². The fourth-order valence-corrected chi connectivity index (χ4v) is 1.48. The van der Waals surface area contributed by atoms with E-state index in [1.807, 2.05) is 18.2 Å². The quantitative estimate of drug-likeness (QED) is 0.846. The Hall–Kier alpha value is -2.24. The molecule has 0 aliphatic rings. The number of aryl methyl sites for hydroxylation is 2. The lowest BCUT2D eigenvalue weighted by Crippen LogP contribution is -1.99. The van der Waals surface area contributed by atoms with E-state index in [-0.39, 0.29) is 6.42 Å². The van der Waals surface area contributed by atoms with Crippen LogP contribution in [0.5, 0.6) is 0 Å². The second-order valence-corrected chi connectivity index (χ2v) is 3.58. The van der Waals surface area contributed by atoms with Gasteiger partial charge in [0.2, 0.25) is 0 Å². The largest absolute Gasteiger partial charge is 0.481 e. The van der Waals surface area contributed by atoms with Crippen molar-refractivity contribution in [2.75, 3.05) is 0 Å². The molecule has 1 N–H and O–H groups in total. The topological polar surface area (TPSA) is 80.9 Å². The summed E-state index contributed by atoms with van der Waals surface area (Å²) < 4.78 is 1.61. The first-order valence-electron chi connectivity index (χ1n) is 5.20. The van der Waals surface area contributed by atoms with Crippen LogP contribution >= 0.6 is 0 Å². The van der Waals surface area contributed by atoms with E-state index in [1.54, 1.807) is 17.9 Å². The van der Waals surface area contributed by atoms with Gasteiger partial charge in [0.1, 0.15) is 5.69 Å². The fourth-order valence-electron chi connectivity index (χ4n) is 1.48. The van der Waals surface area contributed by atoms with Gasteiger partial charge in [-0.05, 0) is 12.1 Å². The van der Waals surface area contributed by atoms with Gasteiger partial charge in [0, 0.05) is 19.7 Å². The normalized spacial score (nSPS) is 10.4. The molecule has 17 heavy (non-hydrogen) atoms. The van der Waals surface area contributed by atoms with E-state index in [0.29, 0.717) is 18.1 Å². The molecule has 88 valence electrons. The Balaban J connectivity index is 2.22. The molecule has 0 spiro atoms. The molecule has 0 atom stereocenters. The van der Waals surface area contributed by atoms with E-state index in [9.17, 15) is 4.79 Å². The van der Waals surface area contributed by atoms with Crippen molar-refractivity contribution in [3.8, 4) is 11.5 Å². The lowest BCUT2D eigenvalue weighted by Gasteiger charge is -1.96. The Bertz CT molecular complexity index is 522. The molecular formula is C11H12N4O2. The van der Waals surface area contributed by atoms with E-state index in [4.69, 9.17) is 5.11 Å². The number of hydrogen-bond donors (Lipinski definition) is 1. The van der Waals surface area contributed by atoms with Crippen molar-refractivity contribution in [2.24, 2.45) is 7.05 Å². The number of aliphatic carboxylic acids is 1. The van der Waals surface area contributed by atoms with Gasteiger partial charge in [-0.25, -0.2) is 9.67 Å². The molecule has 0 aliphatic heterocycles. The lowest BCUT2D eigenvalue weighted by atomic mass is 10.3. The van der Waals surface area contributed by atoms with Crippen LogP contribution in [-0.4, -0.2) is 30.8 Å². The lowest BCUT2D eigenvalue weighted by molar-refractivity contribution is -0.137. The van der Waals surface area contributed by atoms with E-state index < -0.39 is 5.97 Å². The highest BCUT2D eigenvalue weighted by Crippen LogP contribution is 2.13. The van der Waals surface area contributed by atoms with Crippen molar-refractivity contribution in [1.29, 1.82) is 0 Å². The minimum absolute atomic E-state index is 0.0334. The van der Waals surface area contributed by atoms with E-state index in [0.717, 1.165) is 5.69 Å². The molecule has 0 aromatic carbocycles. The Labute approximate surface area is 98.0 Å². The minimum Gasteiger partial charge on any atom is -0.481 e. The van der Waals surface area contributed by atoms with Crippen molar-refractivity contribution in [2.45, 2.75) is 12.8 Å². The van der Waals surface area contributed by atoms with Crippen molar-refractivity contribution in [3.63, 3.8) is 0 Å². The monoisotopic (exact) mass is 232 g/mol. The molecule has 0 amide bonds. The van der Waals surface area contributed by atoms with Crippen LogP contribution in [0.4, 0.5) is 0 Å². The highest BCUT2D eigenvalue weighted by Gasteiger charge is 2.10. The molecule has 2 aromatic rings. The molecule has 0 saturated heterocycles. The van der Waals surface area contributed by atoms with Crippen molar-refractivity contribution >= 4 is 5.97 Å². The predicted molar refractivity (Wildman–Crippen MR) is 60.2 cm³/mol. The smallest absolute Gasteiger partial charge is 0.303 e. The number of carboxylic acid groups (broad SMARTS) is 1. The molecule has 0 unspecified atom stereocenters. The molecule has 6 nitrogen and oxygen atoms in total. The summed E-state index contributed by atoms with van der Waals surface area (Å²) >= 11 is 0. The van der Waals surface area contributed by atoms with E-state index >= 15 is 0 Å². The molecule has 0 radical (unpaired) electrons. The van der Waals surface area contributed by atoms with Crippen LogP contribution in [0.25, 0.3) is 11.5 Å². The number of carboxylic acids is 1. The summed E-state index contributed by atoms with van der Waals surface area (Å²) in [5.74, 6) is 0.318. The first kappa shape index (κ1) is 11.3. The molecular weight excluding hydrogens is 220 g/mol. The maximum atomic E-state index is 10.5. The van der Waals surface area contributed by atoms with Gasteiger partial charge < -0.3 is 5.11 Å². The SMILES string of the molecule is Cn1nc(CCC(=O)O)nc1-c1ccccn1. The first-order valence-corrected chi connectivity index (χ1v) is 5.20. The third kappa shape index (κ3) is 2.66. The second kappa shape index (κ2) is 4.73. The van der Waals surface area contributed by atoms with Crippen molar-refractivity contribution in [3.05, 3.63) is 30.2 Å². The zero-order valence-electron chi connectivity index (χ0n) is 9.37. The van der Waals surface area contributed by atoms with Crippen LogP contribution in [-0.2, 0) is 18.3 Å². The Morgan fingerprint density at radius 1 is 1.47 bits per heavy atom. The van der Waals surface area contributed by atoms with Crippen molar-refractivity contribution < 1.29 is 9.90 Å². The fraction of sp³-hybridized carbons (Fsp3) is 0.273. The maximum Gasteiger partial charge on any atom is 0.303 e. The predicted octanol–water partition coefficient (Wildman–Crippen LogP) is 0.894. The van der Waals surface area contributed by atoms with Gasteiger partial charge in [0.05, 0.1) is 6.42 Å². The second-order valence-electron chi connectivity index (χ2n) is 3.58. The number of nitrogens with zero attached hydrogens (tertiary/aromatic N) is 4. The van der Waals surface area contributed by atoms with Crippen LogP contribution in [0.3, 0.4) is 0 Å². The molecule has 0 aliphatic carbocycles. The van der Waals surface area contributed by atoms with Crippen LogP contribution in [0.15, 0.2) is 24.4 Å². The summed E-state index contributed by atoms with van der Waals surface area (Å²) in [6.07, 6.45) is 2.04. The zero-order valence-corrected chi connectivity index (χ0v) is 9.37. The standard InChI is InChI=1S/C11H12N4O2/c1-15-11(8-4-2-3-7-12-8)13-9(14-15)5-6-10(16)17/h2-4,7H,5-6H2,1H3,(H,16,17). The highest BCUT2D eigenvalue weighted by molar-refractivity contribution is 5.66. The summed E-state index contributed by atoms with van der Waals surface area (Å²) in [7, 11) is 1.77. The number of pyridine rings is 1. The van der Waals surface area contributed by atoms with Gasteiger partial charge in [-0.15, -0.1) is 0 Å². The number of carbonyl (C=O) groups is 1. The Kier molecular flexibility index (Phi) is 3.13. The average Bonchev–Trinajstić information content (AvgIpc) is 2.69. The number of aromatic nitrogens is 4. The summed E-state index contributed by atoms with van der Waals surface area (Å²) in [6.45, 7) is 0. The van der Waals surface area contributed by atoms with E-state index in [1.165, 1.54) is 0 Å². The van der Waals surface area contributed by atoms with Gasteiger partial charge in [0.25, 0.3) is 0 Å². The van der Waals surface area contributed by atoms with Gasteiger partial charge in [-0.1, -0.05) is 6.07 Å². The minimum atomic E-state index is -0.850. The third-order valence-corrected chi connectivity index (χ3v) is 2.26. The van der Waals surface area contributed by atoms with Crippen LogP contribution < -0.4 is 0 Å². The van der Waals surface area contributed by atoms with Crippen LogP contribution in [0, 0.1) is 0 Å². The molecule has 0 saturated carbocycles. The van der Waals surface area contributed by atoms with Gasteiger partial charge >= 0.3 is 5.97 Å². The number of hydrogen-bond acceptors (Lipinski definition) is 4. The molecule has 6 heteroatoms. The van der Waals surface area contributed by atoms with Crippen molar-refractivity contribution in [1.82, 2.24) is 19.7 Å².